The minimum atomic E-state index is -4.93. The summed E-state index contributed by atoms with van der Waals surface area (Å²) in [5.74, 6) is 5.10. The summed E-state index contributed by atoms with van der Waals surface area (Å²) < 4.78 is 109. The second-order valence-corrected chi connectivity index (χ2v) is 11.7. The largest absolute Gasteiger partial charge is 0.433 e. The molecule has 0 unspecified atom stereocenters. The molecule has 0 radical (unpaired) electrons. The highest BCUT2D eigenvalue weighted by molar-refractivity contribution is 7.91. The average molecular weight is 590 g/mol. The number of hydrogen-bond donors (Lipinski definition) is 2. The van der Waals surface area contributed by atoms with Crippen LogP contribution in [0.4, 0.5) is 26.3 Å². The Hall–Kier alpha value is -3.52. The van der Waals surface area contributed by atoms with E-state index in [0.717, 1.165) is 24.5 Å². The predicted octanol–water partition coefficient (Wildman–Crippen LogP) is 4.34. The fourth-order valence-corrected chi connectivity index (χ4v) is 5.65. The van der Waals surface area contributed by atoms with Crippen LogP contribution in [0.1, 0.15) is 35.7 Å². The highest BCUT2D eigenvalue weighted by atomic mass is 32.2. The van der Waals surface area contributed by atoms with Crippen molar-refractivity contribution in [1.29, 1.82) is 0 Å². The highest BCUT2D eigenvalue weighted by Gasteiger charge is 2.36. The quantitative estimate of drug-likeness (QED) is 0.265. The zero-order valence-electron chi connectivity index (χ0n) is 19.9. The van der Waals surface area contributed by atoms with E-state index in [1.54, 1.807) is 0 Å². The number of alkyl halides is 6. The standard InChI is InChI=1S/C23H17F6N5O3S2/c1-21(2,12-35)33-39(36,37)19-11-30-18(38-19)7-6-14-10-31-34-17(23(27,28)29)9-16(32-20(14)34)13-4-3-5-15(8-13)22(24,25)26/h3-5,8-11,33,35H,12H2,1-2H3. The van der Waals surface area contributed by atoms with E-state index < -0.39 is 45.8 Å². The lowest BCUT2D eigenvalue weighted by atomic mass is 10.1. The molecule has 3 aromatic heterocycles. The van der Waals surface area contributed by atoms with Crippen LogP contribution in [0.2, 0.25) is 0 Å². The van der Waals surface area contributed by atoms with E-state index in [1.165, 1.54) is 19.9 Å². The maximum absolute atomic E-state index is 13.8. The summed E-state index contributed by atoms with van der Waals surface area (Å²) in [5, 5.41) is 13.0. The van der Waals surface area contributed by atoms with E-state index in [0.29, 0.717) is 28.0 Å². The number of hydrogen-bond acceptors (Lipinski definition) is 7. The fraction of sp³-hybridized carbons (Fsp3) is 0.261. The topological polar surface area (TPSA) is 109 Å². The predicted molar refractivity (Wildman–Crippen MR) is 128 cm³/mol. The Morgan fingerprint density at radius 2 is 1.77 bits per heavy atom. The van der Waals surface area contributed by atoms with E-state index in [9.17, 15) is 39.9 Å². The van der Waals surface area contributed by atoms with Gasteiger partial charge in [-0.05, 0) is 38.0 Å². The van der Waals surface area contributed by atoms with Gasteiger partial charge in [0.05, 0.1) is 41.4 Å². The molecule has 0 spiro atoms. The Balaban J connectivity index is 1.77. The first kappa shape index (κ1) is 28.5. The molecular formula is C23H17F6N5O3S2. The molecule has 0 saturated carbocycles. The van der Waals surface area contributed by atoms with Crippen molar-refractivity contribution >= 4 is 27.0 Å². The SMILES string of the molecule is CC(C)(CO)NS(=O)(=O)c1cnc(C#Cc2cnn3c(C(F)(F)F)cc(-c4cccc(C(F)(F)F)c4)nc23)s1. The molecule has 0 saturated heterocycles. The lowest BCUT2D eigenvalue weighted by Crippen LogP contribution is -2.45. The number of nitrogens with one attached hydrogen (secondary N) is 1. The van der Waals surface area contributed by atoms with Crippen molar-refractivity contribution in [1.82, 2.24) is 24.3 Å². The Morgan fingerprint density at radius 1 is 1.05 bits per heavy atom. The van der Waals surface area contributed by atoms with Crippen molar-refractivity contribution < 1.29 is 39.9 Å². The molecule has 3 heterocycles. The third-order valence-electron chi connectivity index (χ3n) is 5.11. The fourth-order valence-electron chi connectivity index (χ4n) is 3.26. The molecule has 0 aliphatic heterocycles. The first-order valence-corrected chi connectivity index (χ1v) is 13.1. The lowest BCUT2D eigenvalue weighted by Gasteiger charge is -2.22. The summed E-state index contributed by atoms with van der Waals surface area (Å²) in [6.07, 6.45) is -7.62. The molecule has 0 aliphatic rings. The van der Waals surface area contributed by atoms with Gasteiger partial charge in [0.2, 0.25) is 0 Å². The van der Waals surface area contributed by atoms with Crippen LogP contribution in [-0.2, 0) is 22.4 Å². The van der Waals surface area contributed by atoms with Gasteiger partial charge in [0.25, 0.3) is 10.0 Å². The van der Waals surface area contributed by atoms with Crippen molar-refractivity contribution in [2.24, 2.45) is 0 Å². The van der Waals surface area contributed by atoms with Crippen molar-refractivity contribution in [3.63, 3.8) is 0 Å². The summed E-state index contributed by atoms with van der Waals surface area (Å²) >= 11 is 0.679. The number of fused-ring (bicyclic) bond motifs is 1. The third-order valence-corrected chi connectivity index (χ3v) is 8.18. The summed E-state index contributed by atoms with van der Waals surface area (Å²) in [5.41, 5.74) is -4.56. The van der Waals surface area contributed by atoms with Crippen LogP contribution in [0.5, 0.6) is 0 Å². The normalized spacial score (nSPS) is 12.9. The van der Waals surface area contributed by atoms with E-state index in [-0.39, 0.29) is 31.7 Å². The average Bonchev–Trinajstić information content (AvgIpc) is 3.48. The van der Waals surface area contributed by atoms with Crippen LogP contribution in [0.15, 0.2) is 46.9 Å². The van der Waals surface area contributed by atoms with Gasteiger partial charge in [-0.25, -0.2) is 27.6 Å². The number of sulfonamides is 1. The third kappa shape index (κ3) is 6.22. The first-order chi connectivity index (χ1) is 18.0. The van der Waals surface area contributed by atoms with Gasteiger partial charge in [0.15, 0.2) is 20.6 Å². The minimum absolute atomic E-state index is 0.00149. The molecule has 0 amide bonds. The number of aliphatic hydroxyl groups excluding tert-OH is 1. The Morgan fingerprint density at radius 3 is 2.41 bits per heavy atom. The molecule has 4 aromatic rings. The maximum atomic E-state index is 13.8. The molecule has 0 fully saturated rings. The van der Waals surface area contributed by atoms with E-state index in [4.69, 9.17) is 0 Å². The second kappa shape index (κ2) is 9.90. The highest BCUT2D eigenvalue weighted by Crippen LogP contribution is 2.35. The summed E-state index contributed by atoms with van der Waals surface area (Å²) in [7, 11) is -4.04. The second-order valence-electron chi connectivity index (χ2n) is 8.78. The van der Waals surface area contributed by atoms with Gasteiger partial charge in [-0.2, -0.15) is 31.4 Å². The minimum Gasteiger partial charge on any atom is -0.394 e. The molecular weight excluding hydrogens is 572 g/mol. The zero-order valence-corrected chi connectivity index (χ0v) is 21.5. The molecule has 1 aromatic carbocycles. The van der Waals surface area contributed by atoms with Crippen LogP contribution in [0, 0.1) is 11.8 Å². The number of halogens is 6. The van der Waals surface area contributed by atoms with Gasteiger partial charge in [0, 0.05) is 5.56 Å². The van der Waals surface area contributed by atoms with Crippen LogP contribution in [-0.4, -0.2) is 45.3 Å². The van der Waals surface area contributed by atoms with Crippen LogP contribution >= 0.6 is 11.3 Å². The van der Waals surface area contributed by atoms with Gasteiger partial charge in [0.1, 0.15) is 0 Å². The number of benzene rings is 1. The first-order valence-electron chi connectivity index (χ1n) is 10.8. The van der Waals surface area contributed by atoms with Crippen molar-refractivity contribution in [3.8, 4) is 23.1 Å². The van der Waals surface area contributed by atoms with E-state index in [1.807, 2.05) is 0 Å². The maximum Gasteiger partial charge on any atom is 0.433 e. The van der Waals surface area contributed by atoms with Crippen molar-refractivity contribution in [2.45, 2.75) is 35.9 Å². The van der Waals surface area contributed by atoms with Crippen LogP contribution < -0.4 is 4.72 Å². The number of rotatable bonds is 5. The number of thiazole rings is 1. The molecule has 8 nitrogen and oxygen atoms in total. The molecule has 0 aliphatic carbocycles. The van der Waals surface area contributed by atoms with Gasteiger partial charge < -0.3 is 5.11 Å². The molecule has 4 rings (SSSR count). The number of aliphatic hydroxyl groups is 1. The molecule has 16 heteroatoms. The van der Waals surface area contributed by atoms with Crippen molar-refractivity contribution in [2.75, 3.05) is 6.61 Å². The lowest BCUT2D eigenvalue weighted by molar-refractivity contribution is -0.142. The Bertz CT molecular complexity index is 1710. The van der Waals surface area contributed by atoms with Crippen LogP contribution in [0.25, 0.3) is 16.9 Å². The van der Waals surface area contributed by atoms with Gasteiger partial charge in [-0.3, -0.25) is 0 Å². The van der Waals surface area contributed by atoms with Crippen LogP contribution in [0.3, 0.4) is 0 Å². The van der Waals surface area contributed by atoms with Crippen molar-refractivity contribution in [3.05, 3.63) is 64.6 Å². The van der Waals surface area contributed by atoms with Gasteiger partial charge in [-0.15, -0.1) is 0 Å². The van der Waals surface area contributed by atoms with E-state index in [2.05, 4.69) is 31.6 Å². The molecule has 39 heavy (non-hydrogen) atoms. The zero-order chi connectivity index (χ0) is 28.8. The molecule has 0 atom stereocenters. The number of nitrogens with zero attached hydrogens (tertiary/aromatic N) is 4. The molecule has 206 valence electrons. The summed E-state index contributed by atoms with van der Waals surface area (Å²) in [6, 6.07) is 4.31. The Labute approximate surface area is 221 Å². The summed E-state index contributed by atoms with van der Waals surface area (Å²) in [4.78, 5) is 7.99. The van der Waals surface area contributed by atoms with Gasteiger partial charge in [-0.1, -0.05) is 29.4 Å². The smallest absolute Gasteiger partial charge is 0.394 e. The van der Waals surface area contributed by atoms with Gasteiger partial charge >= 0.3 is 12.4 Å². The van der Waals surface area contributed by atoms with E-state index >= 15 is 0 Å². The summed E-state index contributed by atoms with van der Waals surface area (Å²) in [6.45, 7) is 2.46. The molecule has 2 N–H and O–H groups in total. The number of aromatic nitrogens is 4. The molecule has 0 bridgehead atoms. The monoisotopic (exact) mass is 589 g/mol. The Kier molecular flexibility index (Phi) is 7.23.